The molecule has 0 N–H and O–H groups in total. The Morgan fingerprint density at radius 1 is 1.32 bits per heavy atom. The van der Waals surface area contributed by atoms with Crippen LogP contribution in [0.4, 0.5) is 0 Å². The molecule has 1 aliphatic rings. The molecule has 0 spiro atoms. The quantitative estimate of drug-likeness (QED) is 0.843. The fourth-order valence-corrected chi connectivity index (χ4v) is 2.91. The summed E-state index contributed by atoms with van der Waals surface area (Å²) in [5.41, 5.74) is 2.13. The number of hydrogen-bond donors (Lipinski definition) is 0. The molecular weight excluding hydrogens is 320 g/mol. The molecule has 0 bridgehead atoms. The molecule has 1 fully saturated rings. The number of amides is 1. The van der Waals surface area contributed by atoms with Crippen LogP contribution in [0.5, 0.6) is 5.75 Å². The highest BCUT2D eigenvalue weighted by atomic mass is 16.5. The number of hydrogen-bond acceptors (Lipinski definition) is 6. The fourth-order valence-electron chi connectivity index (χ4n) is 2.91. The van der Waals surface area contributed by atoms with Crippen molar-refractivity contribution in [1.82, 2.24) is 19.9 Å². The fraction of sp³-hybridized carbons (Fsp3) is 0.500. The van der Waals surface area contributed by atoms with Gasteiger partial charge in [-0.15, -0.1) is 0 Å². The molecule has 1 saturated heterocycles. The summed E-state index contributed by atoms with van der Waals surface area (Å²) < 4.78 is 11.0. The van der Waals surface area contributed by atoms with Gasteiger partial charge in [0.2, 0.25) is 5.89 Å². The third kappa shape index (κ3) is 3.99. The molecule has 25 heavy (non-hydrogen) atoms. The Hall–Kier alpha value is -2.41. The maximum absolute atomic E-state index is 12.6. The van der Waals surface area contributed by atoms with E-state index >= 15 is 0 Å². The topological polar surface area (TPSA) is 71.7 Å². The van der Waals surface area contributed by atoms with Crippen molar-refractivity contribution in [2.24, 2.45) is 0 Å². The smallest absolute Gasteiger partial charge is 0.260 e. The van der Waals surface area contributed by atoms with E-state index in [1.165, 1.54) is 0 Å². The Bertz CT molecular complexity index is 759. The summed E-state index contributed by atoms with van der Waals surface area (Å²) in [4.78, 5) is 20.8. The average molecular weight is 344 g/mol. The lowest BCUT2D eigenvalue weighted by Gasteiger charge is -2.37. The van der Waals surface area contributed by atoms with Gasteiger partial charge < -0.3 is 14.2 Å². The van der Waals surface area contributed by atoms with E-state index in [0.717, 1.165) is 23.4 Å². The van der Waals surface area contributed by atoms with E-state index in [2.05, 4.69) is 15.0 Å². The van der Waals surface area contributed by atoms with Crippen LogP contribution in [-0.4, -0.2) is 59.1 Å². The zero-order valence-corrected chi connectivity index (χ0v) is 15.2. The zero-order valence-electron chi connectivity index (χ0n) is 15.2. The summed E-state index contributed by atoms with van der Waals surface area (Å²) in [6.07, 6.45) is 0. The second-order valence-electron chi connectivity index (χ2n) is 6.57. The summed E-state index contributed by atoms with van der Waals surface area (Å²) in [6.45, 7) is 7.73. The molecule has 1 aromatic heterocycles. The summed E-state index contributed by atoms with van der Waals surface area (Å²) in [6, 6.07) is 5.90. The molecule has 2 aromatic rings. The van der Waals surface area contributed by atoms with Gasteiger partial charge in [0.05, 0.1) is 0 Å². The Balaban J connectivity index is 1.63. The molecule has 7 heteroatoms. The number of aryl methyl sites for hydroxylation is 3. The molecule has 7 nitrogen and oxygen atoms in total. The molecule has 1 aliphatic heterocycles. The summed E-state index contributed by atoms with van der Waals surface area (Å²) in [5, 5.41) is 3.85. The van der Waals surface area contributed by atoms with Gasteiger partial charge in [0.15, 0.2) is 12.4 Å². The van der Waals surface area contributed by atoms with Crippen molar-refractivity contribution in [3.63, 3.8) is 0 Å². The molecule has 1 aromatic carbocycles. The third-order valence-corrected chi connectivity index (χ3v) is 4.52. The predicted molar refractivity (Wildman–Crippen MR) is 92.4 cm³/mol. The average Bonchev–Trinajstić information content (AvgIpc) is 3.02. The van der Waals surface area contributed by atoms with Crippen molar-refractivity contribution >= 4 is 5.91 Å². The minimum atomic E-state index is -0.0837. The monoisotopic (exact) mass is 344 g/mol. The first-order chi connectivity index (χ1) is 11.9. The van der Waals surface area contributed by atoms with Gasteiger partial charge in [-0.1, -0.05) is 17.3 Å². The van der Waals surface area contributed by atoms with Crippen LogP contribution >= 0.6 is 0 Å². The second-order valence-corrected chi connectivity index (χ2v) is 6.57. The minimum absolute atomic E-state index is 0.0313. The number of nitrogens with zero attached hydrogens (tertiary/aromatic N) is 4. The van der Waals surface area contributed by atoms with E-state index in [1.54, 1.807) is 11.8 Å². The van der Waals surface area contributed by atoms with Gasteiger partial charge in [-0.3, -0.25) is 9.69 Å². The highest BCUT2D eigenvalue weighted by Gasteiger charge is 2.32. The number of benzene rings is 1. The van der Waals surface area contributed by atoms with Gasteiger partial charge in [0.25, 0.3) is 5.91 Å². The normalized spacial score (nSPS) is 18.4. The number of aromatic nitrogens is 2. The lowest BCUT2D eigenvalue weighted by atomic mass is 10.1. The first-order valence-corrected chi connectivity index (χ1v) is 8.42. The first-order valence-electron chi connectivity index (χ1n) is 8.42. The number of carbonyl (C=O) groups is 1. The predicted octanol–water partition coefficient (Wildman–Crippen LogP) is 1.89. The van der Waals surface area contributed by atoms with Gasteiger partial charge in [-0.2, -0.15) is 4.98 Å². The van der Waals surface area contributed by atoms with Crippen molar-refractivity contribution < 1.29 is 14.1 Å². The molecule has 1 unspecified atom stereocenters. The Morgan fingerprint density at radius 2 is 2.12 bits per heavy atom. The van der Waals surface area contributed by atoms with Crippen LogP contribution in [0, 0.1) is 20.8 Å². The van der Waals surface area contributed by atoms with Crippen molar-refractivity contribution in [3.8, 4) is 5.75 Å². The molecule has 0 aliphatic carbocycles. The molecule has 1 atom stereocenters. The molecule has 1 amide bonds. The van der Waals surface area contributed by atoms with E-state index < -0.39 is 0 Å². The zero-order chi connectivity index (χ0) is 18.0. The second kappa shape index (κ2) is 7.23. The minimum Gasteiger partial charge on any atom is -0.483 e. The Morgan fingerprint density at radius 3 is 2.84 bits per heavy atom. The molecular formula is C18H24N4O3. The van der Waals surface area contributed by atoms with Crippen LogP contribution in [0.3, 0.4) is 0 Å². The maximum Gasteiger partial charge on any atom is 0.260 e. The van der Waals surface area contributed by atoms with Crippen molar-refractivity contribution in [2.45, 2.75) is 26.8 Å². The number of rotatable bonds is 4. The third-order valence-electron chi connectivity index (χ3n) is 4.52. The summed E-state index contributed by atoms with van der Waals surface area (Å²) in [7, 11) is 2.00. The van der Waals surface area contributed by atoms with E-state index in [0.29, 0.717) is 24.8 Å². The number of piperazine rings is 1. The van der Waals surface area contributed by atoms with Gasteiger partial charge >= 0.3 is 0 Å². The Labute approximate surface area is 147 Å². The van der Waals surface area contributed by atoms with Crippen molar-refractivity contribution in [2.75, 3.05) is 33.3 Å². The molecule has 0 radical (unpaired) electrons. The van der Waals surface area contributed by atoms with Gasteiger partial charge in [0.1, 0.15) is 11.8 Å². The lowest BCUT2D eigenvalue weighted by Crippen LogP contribution is -2.50. The highest BCUT2D eigenvalue weighted by Crippen LogP contribution is 2.23. The summed E-state index contributed by atoms with van der Waals surface area (Å²) >= 11 is 0. The van der Waals surface area contributed by atoms with Crippen LogP contribution in [0.15, 0.2) is 22.7 Å². The van der Waals surface area contributed by atoms with E-state index in [4.69, 9.17) is 9.26 Å². The standard InChI is InChI=1S/C18H24N4O3/c1-12-5-6-13(2)16(9-12)24-11-17(23)22-8-7-21(4)15(10-22)18-19-14(3)20-25-18/h5-6,9,15H,7-8,10-11H2,1-4H3. The molecule has 0 saturated carbocycles. The number of likely N-dealkylation sites (N-methyl/N-ethyl adjacent to an activating group) is 1. The maximum atomic E-state index is 12.6. The van der Waals surface area contributed by atoms with Crippen LogP contribution in [0.25, 0.3) is 0 Å². The van der Waals surface area contributed by atoms with Gasteiger partial charge in [-0.05, 0) is 45.0 Å². The van der Waals surface area contributed by atoms with Crippen molar-refractivity contribution in [1.29, 1.82) is 0 Å². The van der Waals surface area contributed by atoms with Crippen molar-refractivity contribution in [3.05, 3.63) is 41.0 Å². The van der Waals surface area contributed by atoms with E-state index in [-0.39, 0.29) is 18.6 Å². The van der Waals surface area contributed by atoms with Crippen LogP contribution in [0.1, 0.15) is 28.9 Å². The molecule has 2 heterocycles. The van der Waals surface area contributed by atoms with Crippen LogP contribution < -0.4 is 4.74 Å². The van der Waals surface area contributed by atoms with Crippen LogP contribution in [0.2, 0.25) is 0 Å². The van der Waals surface area contributed by atoms with Crippen LogP contribution in [-0.2, 0) is 4.79 Å². The summed E-state index contributed by atoms with van der Waals surface area (Å²) in [5.74, 6) is 1.87. The SMILES string of the molecule is Cc1ccc(C)c(OCC(=O)N2CCN(C)C(c3nc(C)no3)C2)c1. The highest BCUT2D eigenvalue weighted by molar-refractivity contribution is 5.78. The van der Waals surface area contributed by atoms with E-state index in [9.17, 15) is 4.79 Å². The number of ether oxygens (including phenoxy) is 1. The van der Waals surface area contributed by atoms with E-state index in [1.807, 2.05) is 39.1 Å². The van der Waals surface area contributed by atoms with Gasteiger partial charge in [-0.25, -0.2) is 0 Å². The van der Waals surface area contributed by atoms with Gasteiger partial charge in [0, 0.05) is 19.6 Å². The first kappa shape index (κ1) is 17.4. The number of carbonyl (C=O) groups excluding carboxylic acids is 1. The molecule has 134 valence electrons. The largest absolute Gasteiger partial charge is 0.483 e. The lowest BCUT2D eigenvalue weighted by molar-refractivity contribution is -0.136. The Kier molecular flexibility index (Phi) is 5.03. The molecule has 3 rings (SSSR count).